The lowest BCUT2D eigenvalue weighted by Gasteiger charge is -2.38. The number of alkyl halides is 3. The van der Waals surface area contributed by atoms with Gasteiger partial charge in [0, 0.05) is 74.7 Å². The van der Waals surface area contributed by atoms with Gasteiger partial charge in [0.25, 0.3) is 0 Å². The second-order valence-corrected chi connectivity index (χ2v) is 12.0. The third kappa shape index (κ3) is 8.16. The first-order valence-electron chi connectivity index (χ1n) is 16.3. The van der Waals surface area contributed by atoms with Gasteiger partial charge >= 0.3 is 18.2 Å². The van der Waals surface area contributed by atoms with E-state index in [1.54, 1.807) is 18.3 Å². The molecule has 1 aromatic heterocycles. The standard InChI is InChI=1S/C34H39F3N6O5/c35-34(36,37)32(45)48-26-22-25-6-1-2-7-27(25)30(23-26)43-11-8-28-29(24-43)38-33(47-19-4-3-9-41-16-20-46-21-17-41)39-31(28)42-14-12-40(13-15-42)10-5-18-44/h1-2,5-7,10,18,22-23H,3-4,8-9,11-17,19-21,24H2. The summed E-state index contributed by atoms with van der Waals surface area (Å²) in [4.78, 5) is 41.0. The topological polar surface area (TPSA) is 101 Å². The molecule has 0 bridgehead atoms. The summed E-state index contributed by atoms with van der Waals surface area (Å²) in [6, 6.07) is 10.5. The Morgan fingerprint density at radius 3 is 2.52 bits per heavy atom. The Balaban J connectivity index is 1.24. The molecule has 0 N–H and O–H groups in total. The van der Waals surface area contributed by atoms with Gasteiger partial charge in [0.15, 0.2) is 0 Å². The number of esters is 1. The number of aromatic nitrogens is 2. The Hall–Kier alpha value is -4.43. The van der Waals surface area contributed by atoms with Crippen LogP contribution in [0, 0.1) is 0 Å². The van der Waals surface area contributed by atoms with E-state index in [0.717, 1.165) is 87.5 Å². The molecular formula is C34H39F3N6O5. The molecule has 3 aliphatic rings. The molecule has 0 saturated carbocycles. The first-order valence-corrected chi connectivity index (χ1v) is 16.3. The summed E-state index contributed by atoms with van der Waals surface area (Å²) in [5.74, 6) is -1.62. The molecule has 0 unspecified atom stereocenters. The fraction of sp³-hybridized carbons (Fsp3) is 0.471. The third-order valence-corrected chi connectivity index (χ3v) is 8.81. The molecule has 48 heavy (non-hydrogen) atoms. The molecule has 0 atom stereocenters. The molecule has 11 nitrogen and oxygen atoms in total. The van der Waals surface area contributed by atoms with E-state index in [1.165, 1.54) is 18.2 Å². The van der Waals surface area contributed by atoms with Crippen LogP contribution >= 0.6 is 0 Å². The highest BCUT2D eigenvalue weighted by Gasteiger charge is 2.41. The van der Waals surface area contributed by atoms with E-state index in [1.807, 2.05) is 17.0 Å². The predicted molar refractivity (Wildman–Crippen MR) is 173 cm³/mol. The van der Waals surface area contributed by atoms with Gasteiger partial charge in [-0.25, -0.2) is 4.79 Å². The maximum absolute atomic E-state index is 13.1. The molecule has 14 heteroatoms. The molecule has 3 aliphatic heterocycles. The van der Waals surface area contributed by atoms with Gasteiger partial charge in [-0.2, -0.15) is 23.1 Å². The van der Waals surface area contributed by atoms with Crippen LogP contribution in [0.1, 0.15) is 24.1 Å². The van der Waals surface area contributed by atoms with Gasteiger partial charge < -0.3 is 28.9 Å². The first kappa shape index (κ1) is 33.5. The van der Waals surface area contributed by atoms with Gasteiger partial charge in [0.05, 0.1) is 32.1 Å². The Morgan fingerprint density at radius 2 is 1.75 bits per heavy atom. The number of benzene rings is 2. The third-order valence-electron chi connectivity index (χ3n) is 8.81. The molecule has 256 valence electrons. The Kier molecular flexibility index (Phi) is 10.6. The van der Waals surface area contributed by atoms with Gasteiger partial charge in [0.2, 0.25) is 0 Å². The lowest BCUT2D eigenvalue weighted by molar-refractivity contribution is -0.189. The highest BCUT2D eigenvalue weighted by Crippen LogP contribution is 2.37. The van der Waals surface area contributed by atoms with Crippen molar-refractivity contribution in [2.24, 2.45) is 0 Å². The highest BCUT2D eigenvalue weighted by atomic mass is 19.4. The molecule has 0 aliphatic carbocycles. The van der Waals surface area contributed by atoms with E-state index in [-0.39, 0.29) is 11.8 Å². The maximum atomic E-state index is 13.1. The Morgan fingerprint density at radius 1 is 0.958 bits per heavy atom. The molecule has 6 rings (SSSR count). The Labute approximate surface area is 276 Å². The second kappa shape index (κ2) is 15.2. The van der Waals surface area contributed by atoms with Gasteiger partial charge in [-0.05, 0) is 43.3 Å². The van der Waals surface area contributed by atoms with Gasteiger partial charge in [0.1, 0.15) is 17.9 Å². The number of unbranched alkanes of at least 4 members (excludes halogenated alkanes) is 1. The van der Waals surface area contributed by atoms with Crippen LogP contribution < -0.4 is 19.3 Å². The van der Waals surface area contributed by atoms with E-state index >= 15 is 0 Å². The zero-order valence-electron chi connectivity index (χ0n) is 26.7. The lowest BCUT2D eigenvalue weighted by Crippen LogP contribution is -2.45. The molecule has 0 spiro atoms. The predicted octanol–water partition coefficient (Wildman–Crippen LogP) is 3.99. The number of piperazine rings is 1. The van der Waals surface area contributed by atoms with Crippen molar-refractivity contribution in [3.8, 4) is 11.8 Å². The summed E-state index contributed by atoms with van der Waals surface area (Å²) in [7, 11) is 0. The number of halogens is 3. The average Bonchev–Trinajstić information content (AvgIpc) is 3.10. The Bertz CT molecular complexity index is 1620. The largest absolute Gasteiger partial charge is 0.491 e. The number of aldehydes is 1. The molecule has 4 heterocycles. The summed E-state index contributed by atoms with van der Waals surface area (Å²) in [5.41, 5.74) is 2.43. The minimum atomic E-state index is -5.11. The van der Waals surface area contributed by atoms with Crippen molar-refractivity contribution in [3.05, 3.63) is 59.9 Å². The van der Waals surface area contributed by atoms with Crippen molar-refractivity contribution in [1.29, 1.82) is 0 Å². The lowest BCUT2D eigenvalue weighted by atomic mass is 10.0. The zero-order chi connectivity index (χ0) is 33.5. The quantitative estimate of drug-likeness (QED) is 0.0976. The van der Waals surface area contributed by atoms with E-state index < -0.39 is 12.1 Å². The zero-order valence-corrected chi connectivity index (χ0v) is 26.7. The molecule has 2 fully saturated rings. The number of anilines is 2. The minimum Gasteiger partial charge on any atom is -0.463 e. The van der Waals surface area contributed by atoms with Crippen LogP contribution in [0.4, 0.5) is 24.7 Å². The molecule has 2 aromatic carbocycles. The van der Waals surface area contributed by atoms with Crippen molar-refractivity contribution >= 4 is 34.5 Å². The van der Waals surface area contributed by atoms with Crippen LogP contribution in [0.25, 0.3) is 10.8 Å². The van der Waals surface area contributed by atoms with Crippen molar-refractivity contribution in [3.63, 3.8) is 0 Å². The number of fused-ring (bicyclic) bond motifs is 2. The van der Waals surface area contributed by atoms with E-state index in [0.29, 0.717) is 50.3 Å². The number of nitrogens with zero attached hydrogens (tertiary/aromatic N) is 6. The fourth-order valence-electron chi connectivity index (χ4n) is 6.33. The highest BCUT2D eigenvalue weighted by molar-refractivity contribution is 5.96. The van der Waals surface area contributed by atoms with Crippen LogP contribution in [-0.4, -0.2) is 110 Å². The van der Waals surface area contributed by atoms with Crippen LogP contribution in [-0.2, 0) is 27.3 Å². The number of hydrogen-bond acceptors (Lipinski definition) is 11. The molecule has 0 amide bonds. The summed E-state index contributed by atoms with van der Waals surface area (Å²) in [5, 5.41) is 1.47. The van der Waals surface area contributed by atoms with Gasteiger partial charge in [-0.1, -0.05) is 24.3 Å². The van der Waals surface area contributed by atoms with Crippen LogP contribution in [0.2, 0.25) is 0 Å². The average molecular weight is 669 g/mol. The number of carbonyl (C=O) groups is 2. The van der Waals surface area contributed by atoms with Gasteiger partial charge in [-0.3, -0.25) is 9.69 Å². The number of hydrogen-bond donors (Lipinski definition) is 0. The molecular weight excluding hydrogens is 629 g/mol. The summed E-state index contributed by atoms with van der Waals surface area (Å²) in [6.07, 6.45) is 1.36. The van der Waals surface area contributed by atoms with Crippen molar-refractivity contribution < 1.29 is 37.0 Å². The number of allylic oxidation sites excluding steroid dienone is 1. The smallest absolute Gasteiger partial charge is 0.463 e. The monoisotopic (exact) mass is 668 g/mol. The minimum absolute atomic E-state index is 0.178. The van der Waals surface area contributed by atoms with E-state index in [9.17, 15) is 22.8 Å². The van der Waals surface area contributed by atoms with Crippen molar-refractivity contribution in [2.75, 3.05) is 82.0 Å². The maximum Gasteiger partial charge on any atom is 0.491 e. The van der Waals surface area contributed by atoms with E-state index in [4.69, 9.17) is 24.2 Å². The first-order chi connectivity index (χ1) is 23.3. The van der Waals surface area contributed by atoms with Crippen LogP contribution in [0.15, 0.2) is 48.7 Å². The van der Waals surface area contributed by atoms with Crippen LogP contribution in [0.3, 0.4) is 0 Å². The second-order valence-electron chi connectivity index (χ2n) is 12.0. The van der Waals surface area contributed by atoms with Crippen LogP contribution in [0.5, 0.6) is 11.8 Å². The van der Waals surface area contributed by atoms with Crippen molar-refractivity contribution in [1.82, 2.24) is 19.8 Å². The number of carbonyl (C=O) groups excluding carboxylic acids is 2. The molecule has 2 saturated heterocycles. The number of rotatable bonds is 11. The summed E-state index contributed by atoms with van der Waals surface area (Å²) in [6.45, 7) is 8.61. The molecule has 3 aromatic rings. The normalized spacial score (nSPS) is 17.5. The SMILES string of the molecule is O=CC=CN1CCN(c2nc(OCCCCN3CCOCC3)nc3c2CCN(c2cc(OC(=O)C(F)(F)F)cc4ccccc24)C3)CC1. The fourth-order valence-corrected chi connectivity index (χ4v) is 6.33. The van der Waals surface area contributed by atoms with Crippen molar-refractivity contribution in [2.45, 2.75) is 32.0 Å². The summed E-state index contributed by atoms with van der Waals surface area (Å²) >= 11 is 0. The molecule has 0 radical (unpaired) electrons. The van der Waals surface area contributed by atoms with E-state index in [2.05, 4.69) is 14.7 Å². The number of ether oxygens (including phenoxy) is 3. The number of morpholine rings is 1. The van der Waals surface area contributed by atoms with Gasteiger partial charge in [-0.15, -0.1) is 0 Å². The summed E-state index contributed by atoms with van der Waals surface area (Å²) < 4.78 is 55.5.